The zero-order valence-corrected chi connectivity index (χ0v) is 11.5. The van der Waals surface area contributed by atoms with E-state index in [0.717, 1.165) is 21.1 Å². The van der Waals surface area contributed by atoms with Gasteiger partial charge in [0.05, 0.1) is 12.1 Å². The number of aryl methyl sites for hydroxylation is 3. The molecule has 0 spiro atoms. The summed E-state index contributed by atoms with van der Waals surface area (Å²) in [5.74, 6) is -0.812. The van der Waals surface area contributed by atoms with Crippen LogP contribution in [-0.4, -0.2) is 16.1 Å². The minimum Gasteiger partial charge on any atom is -0.481 e. The summed E-state index contributed by atoms with van der Waals surface area (Å²) >= 11 is 1.46. The molecule has 0 bridgehead atoms. The standard InChI is InChI=1S/C14H15NO2S/c1-8-4-5-11(6-9(8)2)14-15-10(3)12(18-14)7-13(16)17/h4-6H,7H2,1-3H3,(H,16,17). The fourth-order valence-corrected chi connectivity index (χ4v) is 2.78. The lowest BCUT2D eigenvalue weighted by Gasteiger charge is -2.01. The van der Waals surface area contributed by atoms with Crippen LogP contribution in [0.2, 0.25) is 0 Å². The van der Waals surface area contributed by atoms with Crippen LogP contribution >= 0.6 is 11.3 Å². The van der Waals surface area contributed by atoms with E-state index >= 15 is 0 Å². The largest absolute Gasteiger partial charge is 0.481 e. The summed E-state index contributed by atoms with van der Waals surface area (Å²) in [6, 6.07) is 6.20. The number of rotatable bonds is 3. The molecule has 0 unspecified atom stereocenters. The fraction of sp³-hybridized carbons (Fsp3) is 0.286. The Morgan fingerprint density at radius 1 is 1.28 bits per heavy atom. The highest BCUT2D eigenvalue weighted by atomic mass is 32.1. The van der Waals surface area contributed by atoms with E-state index in [4.69, 9.17) is 5.11 Å². The third-order valence-electron chi connectivity index (χ3n) is 2.96. The quantitative estimate of drug-likeness (QED) is 0.921. The average molecular weight is 261 g/mol. The van der Waals surface area contributed by atoms with Gasteiger partial charge in [0, 0.05) is 10.4 Å². The Morgan fingerprint density at radius 3 is 2.61 bits per heavy atom. The van der Waals surface area contributed by atoms with Gasteiger partial charge in [-0.1, -0.05) is 12.1 Å². The summed E-state index contributed by atoms with van der Waals surface area (Å²) in [5, 5.41) is 9.73. The maximum absolute atomic E-state index is 10.7. The Kier molecular flexibility index (Phi) is 3.48. The number of thiazole rings is 1. The third-order valence-corrected chi connectivity index (χ3v) is 4.16. The Bertz CT molecular complexity index is 602. The van der Waals surface area contributed by atoms with E-state index in [-0.39, 0.29) is 6.42 Å². The first kappa shape index (κ1) is 12.8. The maximum atomic E-state index is 10.7. The molecule has 0 saturated heterocycles. The Labute approximate surface area is 110 Å². The first-order valence-electron chi connectivity index (χ1n) is 5.73. The second-order valence-corrected chi connectivity index (χ2v) is 5.48. The highest BCUT2D eigenvalue weighted by molar-refractivity contribution is 7.15. The lowest BCUT2D eigenvalue weighted by Crippen LogP contribution is -1.99. The molecule has 4 heteroatoms. The molecule has 0 aliphatic heterocycles. The molecule has 1 aromatic carbocycles. The van der Waals surface area contributed by atoms with Crippen molar-refractivity contribution < 1.29 is 9.90 Å². The lowest BCUT2D eigenvalue weighted by atomic mass is 10.1. The molecule has 1 heterocycles. The van der Waals surface area contributed by atoms with E-state index in [2.05, 4.69) is 31.0 Å². The normalized spacial score (nSPS) is 10.6. The van der Waals surface area contributed by atoms with E-state index in [0.29, 0.717) is 0 Å². The zero-order valence-electron chi connectivity index (χ0n) is 10.7. The van der Waals surface area contributed by atoms with Gasteiger partial charge in [-0.3, -0.25) is 4.79 Å². The number of hydrogen-bond acceptors (Lipinski definition) is 3. The highest BCUT2D eigenvalue weighted by Gasteiger charge is 2.12. The molecule has 0 aliphatic rings. The highest BCUT2D eigenvalue weighted by Crippen LogP contribution is 2.29. The van der Waals surface area contributed by atoms with Crippen LogP contribution in [0.5, 0.6) is 0 Å². The second kappa shape index (κ2) is 4.90. The zero-order chi connectivity index (χ0) is 13.3. The van der Waals surface area contributed by atoms with Gasteiger partial charge in [0.15, 0.2) is 0 Å². The first-order chi connectivity index (χ1) is 8.47. The van der Waals surface area contributed by atoms with Crippen LogP contribution < -0.4 is 0 Å². The summed E-state index contributed by atoms with van der Waals surface area (Å²) in [7, 11) is 0. The van der Waals surface area contributed by atoms with Crippen LogP contribution in [0.25, 0.3) is 10.6 Å². The third kappa shape index (κ3) is 2.59. The van der Waals surface area contributed by atoms with Crippen molar-refractivity contribution in [3.8, 4) is 10.6 Å². The lowest BCUT2D eigenvalue weighted by molar-refractivity contribution is -0.136. The number of aromatic nitrogens is 1. The van der Waals surface area contributed by atoms with Crippen LogP contribution in [0.1, 0.15) is 21.7 Å². The van der Waals surface area contributed by atoms with Crippen molar-refractivity contribution in [3.05, 3.63) is 39.9 Å². The predicted molar refractivity (Wildman–Crippen MR) is 73.1 cm³/mol. The molecule has 1 aromatic heterocycles. The number of hydrogen-bond donors (Lipinski definition) is 1. The summed E-state index contributed by atoms with van der Waals surface area (Å²) in [5.41, 5.74) is 4.34. The molecule has 0 radical (unpaired) electrons. The van der Waals surface area contributed by atoms with Gasteiger partial charge in [0.2, 0.25) is 0 Å². The van der Waals surface area contributed by atoms with Gasteiger partial charge in [0.1, 0.15) is 5.01 Å². The second-order valence-electron chi connectivity index (χ2n) is 4.40. The van der Waals surface area contributed by atoms with Gasteiger partial charge >= 0.3 is 5.97 Å². The molecule has 0 fully saturated rings. The van der Waals surface area contributed by atoms with Crippen molar-refractivity contribution in [1.29, 1.82) is 0 Å². The van der Waals surface area contributed by atoms with Gasteiger partial charge < -0.3 is 5.11 Å². The minimum atomic E-state index is -0.812. The molecular weight excluding hydrogens is 246 g/mol. The molecule has 2 rings (SSSR count). The van der Waals surface area contributed by atoms with Crippen LogP contribution in [-0.2, 0) is 11.2 Å². The maximum Gasteiger partial charge on any atom is 0.308 e. The predicted octanol–water partition coefficient (Wildman–Crippen LogP) is 3.36. The number of carboxylic acid groups (broad SMARTS) is 1. The average Bonchev–Trinajstić information content (AvgIpc) is 2.63. The van der Waals surface area contributed by atoms with Crippen LogP contribution in [0.3, 0.4) is 0 Å². The van der Waals surface area contributed by atoms with Crippen molar-refractivity contribution in [3.63, 3.8) is 0 Å². The molecular formula is C14H15NO2S. The molecule has 0 saturated carbocycles. The van der Waals surface area contributed by atoms with Crippen molar-refractivity contribution in [2.75, 3.05) is 0 Å². The van der Waals surface area contributed by atoms with Gasteiger partial charge in [0.25, 0.3) is 0 Å². The SMILES string of the molecule is Cc1ccc(-c2nc(C)c(CC(=O)O)s2)cc1C. The van der Waals surface area contributed by atoms with Crippen LogP contribution in [0.4, 0.5) is 0 Å². The summed E-state index contributed by atoms with van der Waals surface area (Å²) in [6.07, 6.45) is 0.0499. The van der Waals surface area contributed by atoms with Crippen molar-refractivity contribution in [2.45, 2.75) is 27.2 Å². The summed E-state index contributed by atoms with van der Waals surface area (Å²) in [6.45, 7) is 6.00. The molecule has 0 amide bonds. The van der Waals surface area contributed by atoms with E-state index in [1.807, 2.05) is 13.0 Å². The molecule has 18 heavy (non-hydrogen) atoms. The molecule has 0 atom stereocenters. The van der Waals surface area contributed by atoms with E-state index in [1.165, 1.54) is 22.5 Å². The van der Waals surface area contributed by atoms with Gasteiger partial charge in [-0.25, -0.2) is 4.98 Å². The number of carbonyl (C=O) groups is 1. The smallest absolute Gasteiger partial charge is 0.308 e. The van der Waals surface area contributed by atoms with Crippen molar-refractivity contribution in [1.82, 2.24) is 4.98 Å². The van der Waals surface area contributed by atoms with Gasteiger partial charge in [-0.15, -0.1) is 11.3 Å². The number of benzene rings is 1. The van der Waals surface area contributed by atoms with E-state index in [9.17, 15) is 4.79 Å². The number of aliphatic carboxylic acids is 1. The molecule has 2 aromatic rings. The Morgan fingerprint density at radius 2 is 2.00 bits per heavy atom. The minimum absolute atomic E-state index is 0.0499. The first-order valence-corrected chi connectivity index (χ1v) is 6.54. The summed E-state index contributed by atoms with van der Waals surface area (Å²) in [4.78, 5) is 16.0. The van der Waals surface area contributed by atoms with E-state index < -0.39 is 5.97 Å². The van der Waals surface area contributed by atoms with Gasteiger partial charge in [-0.05, 0) is 38.0 Å². The number of nitrogens with zero attached hydrogens (tertiary/aromatic N) is 1. The summed E-state index contributed by atoms with van der Waals surface area (Å²) < 4.78 is 0. The molecule has 94 valence electrons. The van der Waals surface area contributed by atoms with Crippen molar-refractivity contribution in [2.24, 2.45) is 0 Å². The Hall–Kier alpha value is -1.68. The van der Waals surface area contributed by atoms with Crippen molar-refractivity contribution >= 4 is 17.3 Å². The van der Waals surface area contributed by atoms with Gasteiger partial charge in [-0.2, -0.15) is 0 Å². The molecule has 0 aliphatic carbocycles. The monoisotopic (exact) mass is 261 g/mol. The topological polar surface area (TPSA) is 50.2 Å². The Balaban J connectivity index is 2.39. The number of carboxylic acids is 1. The van der Waals surface area contributed by atoms with E-state index in [1.54, 1.807) is 0 Å². The molecule has 3 nitrogen and oxygen atoms in total. The molecule has 1 N–H and O–H groups in total. The fourth-order valence-electron chi connectivity index (χ4n) is 1.73. The van der Waals surface area contributed by atoms with Crippen LogP contribution in [0, 0.1) is 20.8 Å². The van der Waals surface area contributed by atoms with Crippen LogP contribution in [0.15, 0.2) is 18.2 Å².